The smallest absolute Gasteiger partial charge is 0.328 e. The van der Waals surface area contributed by atoms with Crippen molar-refractivity contribution in [1.82, 2.24) is 14.5 Å². The van der Waals surface area contributed by atoms with Crippen molar-refractivity contribution in [2.24, 2.45) is 14.1 Å². The summed E-state index contributed by atoms with van der Waals surface area (Å²) < 4.78 is 8.91. The number of aryl methyl sites for hydroxylation is 2. The maximum atomic E-state index is 12.0. The highest BCUT2D eigenvalue weighted by Gasteiger charge is 2.13. The summed E-state index contributed by atoms with van der Waals surface area (Å²) in [6, 6.07) is 13.4. The second-order valence-electron chi connectivity index (χ2n) is 6.80. The summed E-state index contributed by atoms with van der Waals surface area (Å²) in [7, 11) is 3.47. The molecular formula is C21H27N3O3. The Balaban J connectivity index is 1.63. The summed E-state index contributed by atoms with van der Waals surface area (Å²) >= 11 is 0. The van der Waals surface area contributed by atoms with E-state index in [1.807, 2.05) is 42.5 Å². The molecule has 0 fully saturated rings. The number of hydrogen-bond donors (Lipinski definition) is 2. The minimum absolute atomic E-state index is 0.0820. The van der Waals surface area contributed by atoms with Crippen molar-refractivity contribution in [1.29, 1.82) is 0 Å². The molecule has 0 spiro atoms. The zero-order chi connectivity index (χ0) is 19.4. The summed E-state index contributed by atoms with van der Waals surface area (Å²) in [4.78, 5) is 12.0. The molecular weight excluding hydrogens is 342 g/mol. The van der Waals surface area contributed by atoms with Crippen molar-refractivity contribution < 1.29 is 9.84 Å². The van der Waals surface area contributed by atoms with Crippen LogP contribution < -0.4 is 15.7 Å². The van der Waals surface area contributed by atoms with Crippen LogP contribution in [0.3, 0.4) is 0 Å². The molecule has 0 saturated heterocycles. The lowest BCUT2D eigenvalue weighted by atomic mass is 10.1. The van der Waals surface area contributed by atoms with E-state index in [-0.39, 0.29) is 12.3 Å². The average molecular weight is 369 g/mol. The van der Waals surface area contributed by atoms with Crippen molar-refractivity contribution in [3.8, 4) is 5.75 Å². The predicted molar refractivity (Wildman–Crippen MR) is 107 cm³/mol. The first kappa shape index (κ1) is 19.2. The van der Waals surface area contributed by atoms with Gasteiger partial charge in [0.25, 0.3) is 0 Å². The van der Waals surface area contributed by atoms with Crippen LogP contribution in [0.2, 0.25) is 0 Å². The van der Waals surface area contributed by atoms with Crippen LogP contribution in [0.25, 0.3) is 11.0 Å². The van der Waals surface area contributed by atoms with Gasteiger partial charge in [0.1, 0.15) is 18.5 Å². The number of nitrogens with one attached hydrogen (secondary N) is 1. The predicted octanol–water partition coefficient (Wildman–Crippen LogP) is 2.49. The molecule has 0 bridgehead atoms. The van der Waals surface area contributed by atoms with Crippen LogP contribution in [0.5, 0.6) is 5.75 Å². The van der Waals surface area contributed by atoms with Crippen LogP contribution in [0.1, 0.15) is 30.6 Å². The van der Waals surface area contributed by atoms with Gasteiger partial charge in [-0.05, 0) is 48.4 Å². The van der Waals surface area contributed by atoms with E-state index in [0.29, 0.717) is 0 Å². The molecule has 0 saturated carbocycles. The Morgan fingerprint density at radius 1 is 1.07 bits per heavy atom. The van der Waals surface area contributed by atoms with E-state index < -0.39 is 6.10 Å². The zero-order valence-electron chi connectivity index (χ0n) is 16.1. The summed E-state index contributed by atoms with van der Waals surface area (Å²) in [6.45, 7) is 4.14. The van der Waals surface area contributed by atoms with Crippen LogP contribution in [0.15, 0.2) is 47.3 Å². The number of imidazole rings is 1. The van der Waals surface area contributed by atoms with Crippen molar-refractivity contribution in [2.75, 3.05) is 13.2 Å². The molecule has 27 heavy (non-hydrogen) atoms. The molecule has 3 aromatic rings. The first-order chi connectivity index (χ1) is 13.0. The Bertz CT molecular complexity index is 957. The van der Waals surface area contributed by atoms with E-state index in [9.17, 15) is 9.90 Å². The fraction of sp³-hybridized carbons (Fsp3) is 0.381. The fourth-order valence-corrected chi connectivity index (χ4v) is 3.12. The summed E-state index contributed by atoms with van der Waals surface area (Å²) in [6.07, 6.45) is 0.345. The number of ether oxygens (including phenoxy) is 1. The highest BCUT2D eigenvalue weighted by Crippen LogP contribution is 2.21. The van der Waals surface area contributed by atoms with Gasteiger partial charge in [0, 0.05) is 20.6 Å². The molecule has 6 nitrogen and oxygen atoms in total. The van der Waals surface area contributed by atoms with Gasteiger partial charge in [0.05, 0.1) is 11.0 Å². The lowest BCUT2D eigenvalue weighted by Gasteiger charge is -2.13. The molecule has 0 radical (unpaired) electrons. The third-order valence-corrected chi connectivity index (χ3v) is 4.77. The van der Waals surface area contributed by atoms with Crippen LogP contribution in [-0.4, -0.2) is 27.4 Å². The van der Waals surface area contributed by atoms with E-state index in [4.69, 9.17) is 4.74 Å². The number of nitrogens with zero attached hydrogens (tertiary/aromatic N) is 2. The minimum Gasteiger partial charge on any atom is -0.491 e. The first-order valence-electron chi connectivity index (χ1n) is 9.27. The Morgan fingerprint density at radius 2 is 1.78 bits per heavy atom. The molecule has 0 amide bonds. The highest BCUT2D eigenvalue weighted by molar-refractivity contribution is 5.76. The maximum Gasteiger partial charge on any atom is 0.328 e. The van der Waals surface area contributed by atoms with Crippen molar-refractivity contribution >= 4 is 11.0 Å². The number of rotatable bonds is 8. The van der Waals surface area contributed by atoms with Gasteiger partial charge in [0.2, 0.25) is 0 Å². The van der Waals surface area contributed by atoms with Gasteiger partial charge in [0.15, 0.2) is 0 Å². The van der Waals surface area contributed by atoms with Gasteiger partial charge in [-0.3, -0.25) is 9.13 Å². The molecule has 0 aliphatic heterocycles. The summed E-state index contributed by atoms with van der Waals surface area (Å²) in [5.41, 5.74) is 3.48. The summed E-state index contributed by atoms with van der Waals surface area (Å²) in [5, 5.41) is 13.8. The first-order valence-corrected chi connectivity index (χ1v) is 9.27. The second-order valence-corrected chi connectivity index (χ2v) is 6.80. The van der Waals surface area contributed by atoms with Gasteiger partial charge in [-0.2, -0.15) is 0 Å². The molecule has 0 aliphatic carbocycles. The minimum atomic E-state index is -0.768. The molecule has 144 valence electrons. The van der Waals surface area contributed by atoms with Crippen LogP contribution >= 0.6 is 0 Å². The Hall–Kier alpha value is -2.57. The van der Waals surface area contributed by atoms with Crippen LogP contribution in [0, 0.1) is 0 Å². The quantitative estimate of drug-likeness (QED) is 0.599. The SMILES string of the molecule is CCCNCc1ccc(OC[C@H](O)c2ccc3c(c2)n(C)c(=O)n3C)cc1. The highest BCUT2D eigenvalue weighted by atomic mass is 16.5. The number of aliphatic hydroxyl groups excluding tert-OH is 1. The van der Waals surface area contributed by atoms with E-state index in [2.05, 4.69) is 12.2 Å². The van der Waals surface area contributed by atoms with Crippen molar-refractivity contribution in [3.05, 3.63) is 64.1 Å². The van der Waals surface area contributed by atoms with Gasteiger partial charge in [-0.25, -0.2) is 4.79 Å². The van der Waals surface area contributed by atoms with Crippen LogP contribution in [0.4, 0.5) is 0 Å². The third kappa shape index (κ3) is 4.23. The lowest BCUT2D eigenvalue weighted by Crippen LogP contribution is -2.19. The Morgan fingerprint density at radius 3 is 2.48 bits per heavy atom. The molecule has 0 aliphatic rings. The van der Waals surface area contributed by atoms with E-state index >= 15 is 0 Å². The van der Waals surface area contributed by atoms with E-state index in [1.54, 1.807) is 23.2 Å². The van der Waals surface area contributed by atoms with Crippen molar-refractivity contribution in [2.45, 2.75) is 26.0 Å². The van der Waals surface area contributed by atoms with Gasteiger partial charge < -0.3 is 15.2 Å². The average Bonchev–Trinajstić information content (AvgIpc) is 2.91. The maximum absolute atomic E-state index is 12.0. The lowest BCUT2D eigenvalue weighted by molar-refractivity contribution is 0.108. The molecule has 2 N–H and O–H groups in total. The number of benzene rings is 2. The van der Waals surface area contributed by atoms with E-state index in [1.165, 1.54) is 5.56 Å². The standard InChI is InChI=1S/C21H27N3O3/c1-4-11-22-13-15-5-8-17(9-6-15)27-14-20(25)16-7-10-18-19(12-16)24(3)21(26)23(18)2/h5-10,12,20,22,25H,4,11,13-14H2,1-3H3/t20-/m0/s1. The van der Waals surface area contributed by atoms with Gasteiger partial charge >= 0.3 is 5.69 Å². The molecule has 1 atom stereocenters. The zero-order valence-corrected chi connectivity index (χ0v) is 16.1. The molecule has 1 aromatic heterocycles. The Labute approximate surface area is 159 Å². The molecule has 0 unspecified atom stereocenters. The molecule has 1 heterocycles. The second kappa shape index (κ2) is 8.41. The largest absolute Gasteiger partial charge is 0.491 e. The fourth-order valence-electron chi connectivity index (χ4n) is 3.12. The molecule has 6 heteroatoms. The van der Waals surface area contributed by atoms with E-state index in [0.717, 1.165) is 41.9 Å². The Kier molecular flexibility index (Phi) is 5.98. The summed E-state index contributed by atoms with van der Waals surface area (Å²) in [5.74, 6) is 0.724. The van der Waals surface area contributed by atoms with Gasteiger partial charge in [-0.1, -0.05) is 25.1 Å². The van der Waals surface area contributed by atoms with Gasteiger partial charge in [-0.15, -0.1) is 0 Å². The third-order valence-electron chi connectivity index (χ3n) is 4.77. The topological polar surface area (TPSA) is 68.4 Å². The number of hydrogen-bond acceptors (Lipinski definition) is 4. The number of aliphatic hydroxyl groups is 1. The molecule has 2 aromatic carbocycles. The monoisotopic (exact) mass is 369 g/mol. The van der Waals surface area contributed by atoms with Crippen LogP contribution in [-0.2, 0) is 20.6 Å². The number of fused-ring (bicyclic) bond motifs is 1. The molecule has 3 rings (SSSR count). The normalized spacial score (nSPS) is 12.4. The van der Waals surface area contributed by atoms with Crippen molar-refractivity contribution in [3.63, 3.8) is 0 Å². The number of aromatic nitrogens is 2.